The standard InChI is InChI=1S/C19H25N3OS/c1-19(9-12-24-18(20)22-19)16-7-2-8-17(13-16)23-11-4-6-15-5-3-10-21-14-15/h2,5,7-8,13-14H,3-4,6,9-12H2,1H3,(H2,20,22). The van der Waals surface area contributed by atoms with Crippen molar-refractivity contribution in [3.8, 4) is 5.75 Å². The summed E-state index contributed by atoms with van der Waals surface area (Å²) in [5.74, 6) is 1.92. The zero-order valence-electron chi connectivity index (χ0n) is 14.2. The number of rotatable bonds is 6. The summed E-state index contributed by atoms with van der Waals surface area (Å²) in [6.45, 7) is 3.79. The number of allylic oxidation sites excluding steroid dienone is 1. The third kappa shape index (κ3) is 4.41. The predicted molar refractivity (Wildman–Crippen MR) is 103 cm³/mol. The monoisotopic (exact) mass is 343 g/mol. The van der Waals surface area contributed by atoms with Gasteiger partial charge in [0.05, 0.1) is 12.1 Å². The molecule has 2 N–H and O–H groups in total. The lowest BCUT2D eigenvalue weighted by Crippen LogP contribution is -2.28. The van der Waals surface area contributed by atoms with Crippen molar-refractivity contribution >= 4 is 23.1 Å². The highest BCUT2D eigenvalue weighted by molar-refractivity contribution is 8.13. The van der Waals surface area contributed by atoms with Crippen molar-refractivity contribution in [2.45, 2.75) is 38.1 Å². The number of thioether (sulfide) groups is 1. The van der Waals surface area contributed by atoms with E-state index in [1.54, 1.807) is 11.8 Å². The van der Waals surface area contributed by atoms with Crippen LogP contribution < -0.4 is 10.5 Å². The molecule has 128 valence electrons. The third-order valence-electron chi connectivity index (χ3n) is 4.45. The number of benzene rings is 1. The summed E-state index contributed by atoms with van der Waals surface area (Å²) in [6.07, 6.45) is 8.36. The van der Waals surface area contributed by atoms with E-state index in [4.69, 9.17) is 10.5 Å². The van der Waals surface area contributed by atoms with E-state index >= 15 is 0 Å². The number of amidine groups is 1. The van der Waals surface area contributed by atoms with Crippen LogP contribution in [-0.4, -0.2) is 30.3 Å². The number of hydrogen-bond acceptors (Lipinski definition) is 5. The molecule has 1 atom stereocenters. The van der Waals surface area contributed by atoms with Gasteiger partial charge in [-0.1, -0.05) is 30.0 Å². The molecule has 2 aliphatic rings. The molecule has 0 fully saturated rings. The molecule has 0 saturated carbocycles. The lowest BCUT2D eigenvalue weighted by Gasteiger charge is -2.30. The van der Waals surface area contributed by atoms with Gasteiger partial charge in [-0.3, -0.25) is 9.98 Å². The Balaban J connectivity index is 1.56. The van der Waals surface area contributed by atoms with Crippen molar-refractivity contribution < 1.29 is 4.74 Å². The van der Waals surface area contributed by atoms with E-state index in [1.807, 2.05) is 18.3 Å². The van der Waals surface area contributed by atoms with Gasteiger partial charge in [0.2, 0.25) is 0 Å². The lowest BCUT2D eigenvalue weighted by atomic mass is 9.90. The molecular weight excluding hydrogens is 318 g/mol. The van der Waals surface area contributed by atoms with Crippen LogP contribution >= 0.6 is 11.8 Å². The van der Waals surface area contributed by atoms with E-state index in [2.05, 4.69) is 35.1 Å². The normalized spacial score (nSPS) is 23.5. The summed E-state index contributed by atoms with van der Waals surface area (Å²) < 4.78 is 5.94. The number of hydrogen-bond donors (Lipinski definition) is 1. The summed E-state index contributed by atoms with van der Waals surface area (Å²) in [4.78, 5) is 8.98. The second-order valence-electron chi connectivity index (χ2n) is 6.41. The maximum Gasteiger partial charge on any atom is 0.154 e. The molecule has 0 saturated heterocycles. The first kappa shape index (κ1) is 17.1. The largest absolute Gasteiger partial charge is 0.494 e. The Morgan fingerprint density at radius 1 is 1.38 bits per heavy atom. The van der Waals surface area contributed by atoms with Crippen LogP contribution in [0.1, 0.15) is 38.2 Å². The molecule has 1 unspecified atom stereocenters. The average molecular weight is 343 g/mol. The molecule has 0 aliphatic carbocycles. The number of ether oxygens (including phenoxy) is 1. The Morgan fingerprint density at radius 3 is 3.08 bits per heavy atom. The minimum Gasteiger partial charge on any atom is -0.494 e. The predicted octanol–water partition coefficient (Wildman–Crippen LogP) is 3.91. The van der Waals surface area contributed by atoms with Crippen LogP contribution in [0.3, 0.4) is 0 Å². The molecule has 0 amide bonds. The molecule has 0 spiro atoms. The molecule has 5 heteroatoms. The van der Waals surface area contributed by atoms with Gasteiger partial charge in [-0.15, -0.1) is 0 Å². The van der Waals surface area contributed by atoms with Crippen LogP contribution in [0.15, 0.2) is 45.9 Å². The highest BCUT2D eigenvalue weighted by Crippen LogP contribution is 2.36. The Bertz CT molecular complexity index is 668. The summed E-state index contributed by atoms with van der Waals surface area (Å²) in [5.41, 5.74) is 8.18. The number of dihydropyridines is 1. The lowest BCUT2D eigenvalue weighted by molar-refractivity contribution is 0.310. The quantitative estimate of drug-likeness (QED) is 0.797. The van der Waals surface area contributed by atoms with Gasteiger partial charge in [-0.2, -0.15) is 0 Å². The zero-order valence-corrected chi connectivity index (χ0v) is 15.0. The van der Waals surface area contributed by atoms with Crippen molar-refractivity contribution in [1.82, 2.24) is 0 Å². The molecule has 3 rings (SSSR count). The van der Waals surface area contributed by atoms with Gasteiger partial charge in [0.15, 0.2) is 5.17 Å². The second-order valence-corrected chi connectivity index (χ2v) is 7.52. The summed E-state index contributed by atoms with van der Waals surface area (Å²) in [6, 6.07) is 8.27. The molecule has 0 radical (unpaired) electrons. The molecule has 0 bridgehead atoms. The Hall–Kier alpha value is -1.75. The van der Waals surface area contributed by atoms with Gasteiger partial charge in [-0.05, 0) is 55.9 Å². The van der Waals surface area contributed by atoms with Crippen LogP contribution in [0.5, 0.6) is 5.75 Å². The van der Waals surface area contributed by atoms with Gasteiger partial charge in [-0.25, -0.2) is 0 Å². The molecule has 1 aromatic carbocycles. The van der Waals surface area contributed by atoms with Crippen molar-refractivity contribution in [3.63, 3.8) is 0 Å². The molecule has 2 heterocycles. The molecule has 2 aliphatic heterocycles. The van der Waals surface area contributed by atoms with Gasteiger partial charge in [0, 0.05) is 18.5 Å². The zero-order chi connectivity index (χ0) is 16.8. The number of nitrogens with two attached hydrogens (primary N) is 1. The van der Waals surface area contributed by atoms with Crippen LogP contribution in [-0.2, 0) is 5.54 Å². The molecule has 4 nitrogen and oxygen atoms in total. The van der Waals surface area contributed by atoms with Crippen LogP contribution in [0, 0.1) is 0 Å². The molecule has 24 heavy (non-hydrogen) atoms. The van der Waals surface area contributed by atoms with Gasteiger partial charge >= 0.3 is 0 Å². The SMILES string of the molecule is CC1(c2cccc(OCCCC3=CCCN=C3)c2)CCSC(N)=N1. The van der Waals surface area contributed by atoms with Gasteiger partial charge in [0.1, 0.15) is 5.75 Å². The summed E-state index contributed by atoms with van der Waals surface area (Å²) in [5, 5.41) is 0.678. The first-order valence-electron chi connectivity index (χ1n) is 8.56. The van der Waals surface area contributed by atoms with Crippen LogP contribution in [0.2, 0.25) is 0 Å². The highest BCUT2D eigenvalue weighted by Gasteiger charge is 2.29. The van der Waals surface area contributed by atoms with E-state index in [1.165, 1.54) is 11.1 Å². The highest BCUT2D eigenvalue weighted by atomic mass is 32.2. The van der Waals surface area contributed by atoms with Crippen LogP contribution in [0.4, 0.5) is 0 Å². The summed E-state index contributed by atoms with van der Waals surface area (Å²) >= 11 is 1.63. The second kappa shape index (κ2) is 7.88. The van der Waals surface area contributed by atoms with Crippen molar-refractivity contribution in [3.05, 3.63) is 41.5 Å². The number of nitrogens with zero attached hydrogens (tertiary/aromatic N) is 2. The van der Waals surface area contributed by atoms with Gasteiger partial charge in [0.25, 0.3) is 0 Å². The van der Waals surface area contributed by atoms with E-state index in [0.717, 1.165) is 43.7 Å². The van der Waals surface area contributed by atoms with Crippen molar-refractivity contribution in [2.24, 2.45) is 15.7 Å². The Morgan fingerprint density at radius 2 is 2.29 bits per heavy atom. The first-order chi connectivity index (χ1) is 11.7. The van der Waals surface area contributed by atoms with E-state index < -0.39 is 0 Å². The van der Waals surface area contributed by atoms with E-state index in [0.29, 0.717) is 11.8 Å². The van der Waals surface area contributed by atoms with Crippen molar-refractivity contribution in [1.29, 1.82) is 0 Å². The summed E-state index contributed by atoms with van der Waals surface area (Å²) in [7, 11) is 0. The van der Waals surface area contributed by atoms with Crippen LogP contribution in [0.25, 0.3) is 0 Å². The fraction of sp³-hybridized carbons (Fsp3) is 0.474. The fourth-order valence-corrected chi connectivity index (χ4v) is 3.98. The smallest absolute Gasteiger partial charge is 0.154 e. The third-order valence-corrected chi connectivity index (χ3v) is 5.25. The van der Waals surface area contributed by atoms with Crippen molar-refractivity contribution in [2.75, 3.05) is 18.9 Å². The maximum absolute atomic E-state index is 5.94. The topological polar surface area (TPSA) is 60.0 Å². The fourth-order valence-electron chi connectivity index (χ4n) is 3.01. The van der Waals surface area contributed by atoms with E-state index in [9.17, 15) is 0 Å². The van der Waals surface area contributed by atoms with Gasteiger partial charge < -0.3 is 10.5 Å². The molecule has 0 aromatic heterocycles. The molecule has 1 aromatic rings. The first-order valence-corrected chi connectivity index (χ1v) is 9.55. The number of aliphatic imine (C=N–C) groups is 2. The minimum atomic E-state index is -0.238. The molecular formula is C19H25N3OS. The van der Waals surface area contributed by atoms with E-state index in [-0.39, 0.29) is 5.54 Å². The Labute approximate surface area is 148 Å². The Kier molecular flexibility index (Phi) is 5.61. The minimum absolute atomic E-state index is 0.238. The average Bonchev–Trinajstić information content (AvgIpc) is 2.60. The maximum atomic E-state index is 5.94.